The molecule has 0 fully saturated rings. The molecular weight excluding hydrogens is 472 g/mol. The maximum atomic E-state index is 13.1. The molecule has 0 bridgehead atoms. The van der Waals surface area contributed by atoms with E-state index in [9.17, 15) is 19.5 Å². The van der Waals surface area contributed by atoms with Crippen LogP contribution in [0, 0.1) is 0 Å². The van der Waals surface area contributed by atoms with Crippen LogP contribution in [0.3, 0.4) is 0 Å². The van der Waals surface area contributed by atoms with Gasteiger partial charge >= 0.3 is 11.9 Å². The molecule has 1 amide bonds. The molecule has 1 aliphatic rings. The van der Waals surface area contributed by atoms with Gasteiger partial charge in [-0.3, -0.25) is 4.79 Å². The Hall–Kier alpha value is -4.43. The molecule has 3 aromatic rings. The van der Waals surface area contributed by atoms with Crippen molar-refractivity contribution < 1.29 is 29.0 Å². The first-order valence-corrected chi connectivity index (χ1v) is 10.8. The quantitative estimate of drug-likeness (QED) is 0.294. The Morgan fingerprint density at radius 3 is 2.46 bits per heavy atom. The minimum atomic E-state index is -1.21. The van der Waals surface area contributed by atoms with E-state index in [4.69, 9.17) is 21.1 Å². The minimum absolute atomic E-state index is 0.0597. The Kier molecular flexibility index (Phi) is 6.66. The number of benzene rings is 3. The predicted octanol–water partition coefficient (Wildman–Crippen LogP) is 5.07. The Labute approximate surface area is 205 Å². The normalized spacial score (nSPS) is 14.1. The molecule has 176 valence electrons. The summed E-state index contributed by atoms with van der Waals surface area (Å²) in [6.45, 7) is 1.67. The topological polar surface area (TPSA) is 106 Å². The molecule has 1 aliphatic heterocycles. The number of carbonyl (C=O) groups is 3. The molecule has 35 heavy (non-hydrogen) atoms. The van der Waals surface area contributed by atoms with Crippen LogP contribution in [-0.2, 0) is 4.79 Å². The second-order valence-electron chi connectivity index (χ2n) is 7.50. The molecule has 0 aromatic heterocycles. The van der Waals surface area contributed by atoms with Crippen LogP contribution in [0.2, 0.25) is 5.02 Å². The lowest BCUT2D eigenvalue weighted by Crippen LogP contribution is -2.21. The molecule has 1 N–H and O–H groups in total. The molecule has 0 spiro atoms. The van der Waals surface area contributed by atoms with Gasteiger partial charge in [-0.15, -0.1) is 0 Å². The molecule has 1 heterocycles. The summed E-state index contributed by atoms with van der Waals surface area (Å²) in [6.07, 6.45) is 1.63. The summed E-state index contributed by atoms with van der Waals surface area (Å²) in [4.78, 5) is 36.9. The number of carbonyl (C=O) groups excluding carboxylic acids is 2. The fourth-order valence-corrected chi connectivity index (χ4v) is 3.62. The van der Waals surface area contributed by atoms with Gasteiger partial charge in [-0.2, -0.15) is 10.1 Å². The standard InChI is InChI=1S/C26H19ClN2O6/c1-15-19(24(30)29(28-15)18-9-10-21(27)20(14-18)25(31)32)12-16-8-11-22(23(13-16)34-2)35-26(33)17-6-4-3-5-7-17/h3-14H,1-2H3,(H,31,32)/b19-12-. The maximum Gasteiger partial charge on any atom is 0.343 e. The van der Waals surface area contributed by atoms with Crippen molar-refractivity contribution in [3.05, 3.63) is 94.0 Å². The fraction of sp³-hybridized carbons (Fsp3) is 0.0769. The summed E-state index contributed by atoms with van der Waals surface area (Å²) in [5.74, 6) is -1.62. The van der Waals surface area contributed by atoms with Crippen molar-refractivity contribution in [2.75, 3.05) is 12.1 Å². The highest BCUT2D eigenvalue weighted by atomic mass is 35.5. The van der Waals surface area contributed by atoms with Crippen LogP contribution in [0.4, 0.5) is 5.69 Å². The van der Waals surface area contributed by atoms with Gasteiger partial charge in [-0.1, -0.05) is 35.9 Å². The van der Waals surface area contributed by atoms with Crippen molar-refractivity contribution in [3.63, 3.8) is 0 Å². The summed E-state index contributed by atoms with van der Waals surface area (Å²) in [5.41, 5.74) is 1.92. The van der Waals surface area contributed by atoms with Gasteiger partial charge in [0.05, 0.1) is 40.2 Å². The third-order valence-electron chi connectivity index (χ3n) is 5.20. The van der Waals surface area contributed by atoms with Crippen LogP contribution in [0.15, 0.2) is 77.4 Å². The van der Waals surface area contributed by atoms with E-state index in [-0.39, 0.29) is 22.0 Å². The minimum Gasteiger partial charge on any atom is -0.493 e. The molecule has 8 nitrogen and oxygen atoms in total. The fourth-order valence-electron chi connectivity index (χ4n) is 3.43. The Morgan fingerprint density at radius 2 is 1.77 bits per heavy atom. The molecule has 0 radical (unpaired) electrons. The number of rotatable bonds is 6. The van der Waals surface area contributed by atoms with E-state index in [1.165, 1.54) is 25.3 Å². The average molecular weight is 491 g/mol. The number of methoxy groups -OCH3 is 1. The molecule has 0 unspecified atom stereocenters. The van der Waals surface area contributed by atoms with Crippen molar-refractivity contribution in [3.8, 4) is 11.5 Å². The van der Waals surface area contributed by atoms with Crippen LogP contribution < -0.4 is 14.5 Å². The number of hydrogen-bond acceptors (Lipinski definition) is 6. The van der Waals surface area contributed by atoms with E-state index in [2.05, 4.69) is 5.10 Å². The number of esters is 1. The third-order valence-corrected chi connectivity index (χ3v) is 5.53. The van der Waals surface area contributed by atoms with Gasteiger partial charge in [0.1, 0.15) is 0 Å². The number of anilines is 1. The van der Waals surface area contributed by atoms with Crippen LogP contribution >= 0.6 is 11.6 Å². The lowest BCUT2D eigenvalue weighted by molar-refractivity contribution is -0.114. The van der Waals surface area contributed by atoms with Crippen LogP contribution in [0.5, 0.6) is 11.5 Å². The van der Waals surface area contributed by atoms with Crippen molar-refractivity contribution in [2.24, 2.45) is 5.10 Å². The van der Waals surface area contributed by atoms with E-state index < -0.39 is 17.8 Å². The SMILES string of the molecule is COc1cc(/C=C2\C(=O)N(c3ccc(Cl)c(C(=O)O)c3)N=C2C)ccc1OC(=O)c1ccccc1. The molecule has 0 aliphatic carbocycles. The third kappa shape index (κ3) is 4.92. The van der Waals surface area contributed by atoms with Gasteiger partial charge in [-0.05, 0) is 61.0 Å². The molecule has 0 saturated heterocycles. The number of hydrogen-bond donors (Lipinski definition) is 1. The highest BCUT2D eigenvalue weighted by Crippen LogP contribution is 2.32. The van der Waals surface area contributed by atoms with Gasteiger partial charge in [0.15, 0.2) is 11.5 Å². The van der Waals surface area contributed by atoms with Gasteiger partial charge in [0.2, 0.25) is 0 Å². The lowest BCUT2D eigenvalue weighted by Gasteiger charge is -2.13. The number of hydrazone groups is 1. The smallest absolute Gasteiger partial charge is 0.343 e. The number of carboxylic acid groups (broad SMARTS) is 1. The zero-order valence-electron chi connectivity index (χ0n) is 18.7. The average Bonchev–Trinajstić information content (AvgIpc) is 3.13. The van der Waals surface area contributed by atoms with E-state index in [0.717, 1.165) is 5.01 Å². The largest absolute Gasteiger partial charge is 0.493 e. The van der Waals surface area contributed by atoms with Crippen molar-refractivity contribution in [1.29, 1.82) is 0 Å². The maximum absolute atomic E-state index is 13.1. The number of nitrogens with zero attached hydrogens (tertiary/aromatic N) is 2. The first-order valence-electron chi connectivity index (χ1n) is 10.4. The number of aromatic carboxylic acids is 1. The summed E-state index contributed by atoms with van der Waals surface area (Å²) in [7, 11) is 1.45. The highest BCUT2D eigenvalue weighted by Gasteiger charge is 2.29. The monoisotopic (exact) mass is 490 g/mol. The highest BCUT2D eigenvalue weighted by molar-refractivity contribution is 6.34. The molecule has 4 rings (SSSR count). The number of halogens is 1. The number of ether oxygens (including phenoxy) is 2. The van der Waals surface area contributed by atoms with E-state index >= 15 is 0 Å². The molecule has 0 saturated carbocycles. The first kappa shape index (κ1) is 23.7. The Morgan fingerprint density at radius 1 is 1.03 bits per heavy atom. The van der Waals surface area contributed by atoms with Crippen molar-refractivity contribution in [2.45, 2.75) is 6.92 Å². The zero-order valence-corrected chi connectivity index (χ0v) is 19.4. The summed E-state index contributed by atoms with van der Waals surface area (Å²) < 4.78 is 10.8. The van der Waals surface area contributed by atoms with E-state index in [0.29, 0.717) is 28.2 Å². The second kappa shape index (κ2) is 9.82. The van der Waals surface area contributed by atoms with Crippen LogP contribution in [0.1, 0.15) is 33.2 Å². The molecule has 0 atom stereocenters. The van der Waals surface area contributed by atoms with Crippen molar-refractivity contribution >= 4 is 46.9 Å². The summed E-state index contributed by atoms with van der Waals surface area (Å²) in [6, 6.07) is 17.7. The van der Waals surface area contributed by atoms with Crippen molar-refractivity contribution in [1.82, 2.24) is 0 Å². The second-order valence-corrected chi connectivity index (χ2v) is 7.90. The summed E-state index contributed by atoms with van der Waals surface area (Å²) in [5, 5.41) is 14.8. The zero-order chi connectivity index (χ0) is 25.1. The number of amides is 1. The van der Waals surface area contributed by atoms with Gasteiger partial charge < -0.3 is 14.6 Å². The molecule has 9 heteroatoms. The molecule has 3 aromatic carbocycles. The Balaban J connectivity index is 1.59. The lowest BCUT2D eigenvalue weighted by atomic mass is 10.1. The summed E-state index contributed by atoms with van der Waals surface area (Å²) >= 11 is 5.93. The van der Waals surface area contributed by atoms with E-state index in [1.807, 2.05) is 0 Å². The van der Waals surface area contributed by atoms with Gasteiger partial charge in [0, 0.05) is 0 Å². The predicted molar refractivity (Wildman–Crippen MR) is 131 cm³/mol. The van der Waals surface area contributed by atoms with Crippen LogP contribution in [0.25, 0.3) is 6.08 Å². The van der Waals surface area contributed by atoms with Crippen LogP contribution in [-0.4, -0.2) is 35.8 Å². The first-order chi connectivity index (χ1) is 16.8. The van der Waals surface area contributed by atoms with E-state index in [1.54, 1.807) is 61.5 Å². The van der Waals surface area contributed by atoms with Gasteiger partial charge in [0.25, 0.3) is 5.91 Å². The number of carboxylic acids is 1. The molecular formula is C26H19ClN2O6. The van der Waals surface area contributed by atoms with Gasteiger partial charge in [-0.25, -0.2) is 9.59 Å². The Bertz CT molecular complexity index is 1400.